The number of aryl methyl sites for hydroxylation is 6. The molecule has 0 unspecified atom stereocenters. The summed E-state index contributed by atoms with van der Waals surface area (Å²) in [5.41, 5.74) is 11.8. The van der Waals surface area contributed by atoms with Crippen LogP contribution in [0.1, 0.15) is 66.1 Å². The second-order valence-electron chi connectivity index (χ2n) is 11.1. The van der Waals surface area contributed by atoms with Gasteiger partial charge in [-0.3, -0.25) is 0 Å². The SMILES string of the molecule is Cc1cc(C)[c]([Ge]([CH2]/C(=C/CC(C)(C)C)c2ccccc2)[c]2c(C)cc(C)cc2C)c(C)c1.O. The zero-order valence-electron chi connectivity index (χ0n) is 22.7. The molecule has 0 aromatic heterocycles. The van der Waals surface area contributed by atoms with Crippen LogP contribution in [0.5, 0.6) is 0 Å². The van der Waals surface area contributed by atoms with Crippen molar-refractivity contribution in [2.45, 2.75) is 74.0 Å². The van der Waals surface area contributed by atoms with E-state index in [0.717, 1.165) is 6.42 Å². The first-order valence-corrected chi connectivity index (χ1v) is 15.8. The van der Waals surface area contributed by atoms with Crippen molar-refractivity contribution in [3.63, 3.8) is 0 Å². The molecule has 0 spiro atoms. The molecule has 0 saturated carbocycles. The zero-order chi connectivity index (χ0) is 24.3. The molecule has 1 nitrogen and oxygen atoms in total. The third-order valence-corrected chi connectivity index (χ3v) is 13.8. The Morgan fingerprint density at radius 2 is 1.12 bits per heavy atom. The van der Waals surface area contributed by atoms with Crippen LogP contribution in [-0.2, 0) is 0 Å². The van der Waals surface area contributed by atoms with Gasteiger partial charge >= 0.3 is 208 Å². The van der Waals surface area contributed by atoms with Crippen LogP contribution in [-0.4, -0.2) is 19.8 Å². The molecule has 3 aromatic rings. The molecular formula is C32H43GeO. The van der Waals surface area contributed by atoms with Crippen LogP contribution in [0.3, 0.4) is 0 Å². The zero-order valence-corrected chi connectivity index (χ0v) is 24.8. The minimum Gasteiger partial charge on any atom is -0.412 e. The monoisotopic (exact) mass is 517 g/mol. The Hall–Kier alpha value is -2.10. The van der Waals surface area contributed by atoms with E-state index in [1.54, 1.807) is 8.79 Å². The van der Waals surface area contributed by atoms with Gasteiger partial charge in [-0.1, -0.05) is 0 Å². The maximum atomic E-state index is 2.54. The van der Waals surface area contributed by atoms with Crippen molar-refractivity contribution < 1.29 is 5.48 Å². The van der Waals surface area contributed by atoms with Crippen molar-refractivity contribution in [2.75, 3.05) is 0 Å². The van der Waals surface area contributed by atoms with Crippen molar-refractivity contribution in [1.29, 1.82) is 0 Å². The van der Waals surface area contributed by atoms with Gasteiger partial charge < -0.3 is 5.48 Å². The summed E-state index contributed by atoms with van der Waals surface area (Å²) < 4.78 is 3.32. The van der Waals surface area contributed by atoms with Crippen LogP contribution in [0.4, 0.5) is 0 Å². The van der Waals surface area contributed by atoms with Gasteiger partial charge in [-0.05, 0) is 0 Å². The van der Waals surface area contributed by atoms with Crippen LogP contribution < -0.4 is 8.79 Å². The molecule has 0 fully saturated rings. The second kappa shape index (κ2) is 11.6. The average molecular weight is 516 g/mol. The van der Waals surface area contributed by atoms with Crippen molar-refractivity contribution in [3.05, 3.63) is 99.6 Å². The minimum atomic E-state index is -1.90. The van der Waals surface area contributed by atoms with Gasteiger partial charge in [-0.2, -0.15) is 0 Å². The molecule has 2 N–H and O–H groups in total. The van der Waals surface area contributed by atoms with Crippen LogP contribution in [0.15, 0.2) is 60.7 Å². The Morgan fingerprint density at radius 1 is 0.706 bits per heavy atom. The first-order chi connectivity index (χ1) is 15.5. The molecule has 1 radical (unpaired) electrons. The average Bonchev–Trinajstić information content (AvgIpc) is 2.69. The Balaban J connectivity index is 0.00000408. The second-order valence-corrected chi connectivity index (χ2v) is 15.9. The van der Waals surface area contributed by atoms with E-state index >= 15 is 0 Å². The van der Waals surface area contributed by atoms with Gasteiger partial charge in [-0.25, -0.2) is 0 Å². The molecule has 0 aliphatic heterocycles. The number of hydrogen-bond donors (Lipinski definition) is 0. The van der Waals surface area contributed by atoms with Crippen molar-refractivity contribution in [2.24, 2.45) is 5.41 Å². The Labute approximate surface area is 212 Å². The summed E-state index contributed by atoms with van der Waals surface area (Å²) in [6.45, 7) is 20.8. The maximum Gasteiger partial charge on any atom is -0.412 e. The molecule has 2 heteroatoms. The molecule has 0 amide bonds. The molecule has 0 aliphatic rings. The largest absolute Gasteiger partial charge is 0.412 e. The van der Waals surface area contributed by atoms with E-state index in [1.807, 2.05) is 0 Å². The summed E-state index contributed by atoms with van der Waals surface area (Å²) in [5.74, 6) is 0. The number of benzene rings is 3. The maximum absolute atomic E-state index is 2.54. The standard InChI is InChI=1S/C32H41Ge.H2O/c1-22-17-24(3)30(25(4)18-22)33(31-26(5)19-23(2)20-27(31)6)21-29(15-16-32(7,8)9)28-13-11-10-12-14-28;/h10-15,17-20H,16,21H2,1-9H3;1H2/b29-15-;. The predicted molar refractivity (Wildman–Crippen MR) is 153 cm³/mol. The van der Waals surface area contributed by atoms with Gasteiger partial charge in [0.05, 0.1) is 0 Å². The van der Waals surface area contributed by atoms with E-state index in [0.29, 0.717) is 0 Å². The number of rotatable bonds is 6. The van der Waals surface area contributed by atoms with E-state index in [2.05, 4.69) is 123 Å². The van der Waals surface area contributed by atoms with Gasteiger partial charge in [0.15, 0.2) is 0 Å². The Morgan fingerprint density at radius 3 is 1.50 bits per heavy atom. The molecular weight excluding hydrogens is 473 g/mol. The first kappa shape index (κ1) is 28.1. The Kier molecular flexibility index (Phi) is 9.56. The number of allylic oxidation sites excluding steroid dienone is 2. The Bertz CT molecular complexity index is 1050. The van der Waals surface area contributed by atoms with E-state index in [4.69, 9.17) is 0 Å². The molecule has 0 aliphatic carbocycles. The van der Waals surface area contributed by atoms with E-state index < -0.39 is 14.3 Å². The minimum absolute atomic E-state index is 0. The van der Waals surface area contributed by atoms with Crippen molar-refractivity contribution >= 4 is 28.7 Å². The van der Waals surface area contributed by atoms with Gasteiger partial charge in [-0.15, -0.1) is 0 Å². The predicted octanol–water partition coefficient (Wildman–Crippen LogP) is 6.84. The van der Waals surface area contributed by atoms with Crippen LogP contribution in [0, 0.1) is 47.0 Å². The summed E-state index contributed by atoms with van der Waals surface area (Å²) in [4.78, 5) is 0. The summed E-state index contributed by atoms with van der Waals surface area (Å²) in [7, 11) is 0. The van der Waals surface area contributed by atoms with Gasteiger partial charge in [0.2, 0.25) is 0 Å². The molecule has 0 saturated heterocycles. The fourth-order valence-electron chi connectivity index (χ4n) is 5.18. The molecule has 3 aromatic carbocycles. The van der Waals surface area contributed by atoms with Crippen LogP contribution >= 0.6 is 0 Å². The van der Waals surface area contributed by atoms with Gasteiger partial charge in [0.25, 0.3) is 0 Å². The molecule has 0 heterocycles. The van der Waals surface area contributed by atoms with Gasteiger partial charge in [0.1, 0.15) is 0 Å². The number of hydrogen-bond acceptors (Lipinski definition) is 0. The topological polar surface area (TPSA) is 31.5 Å². The van der Waals surface area contributed by atoms with Crippen LogP contribution in [0.25, 0.3) is 5.57 Å². The van der Waals surface area contributed by atoms with Gasteiger partial charge in [0, 0.05) is 0 Å². The summed E-state index contributed by atoms with van der Waals surface area (Å²) in [6.07, 6.45) is 3.64. The third kappa shape index (κ3) is 6.96. The summed E-state index contributed by atoms with van der Waals surface area (Å²) in [6, 6.07) is 20.7. The first-order valence-electron chi connectivity index (χ1n) is 12.2. The smallest absolute Gasteiger partial charge is 0.412 e. The summed E-state index contributed by atoms with van der Waals surface area (Å²) >= 11 is -1.90. The quantitative estimate of drug-likeness (QED) is 0.322. The van der Waals surface area contributed by atoms with E-state index in [1.165, 1.54) is 49.8 Å². The van der Waals surface area contributed by atoms with Crippen LogP contribution in [0.2, 0.25) is 5.25 Å². The fraction of sp³-hybridized carbons (Fsp3) is 0.375. The molecule has 0 atom stereocenters. The van der Waals surface area contributed by atoms with Crippen molar-refractivity contribution in [1.82, 2.24) is 0 Å². The molecule has 34 heavy (non-hydrogen) atoms. The normalized spacial score (nSPS) is 12.1. The summed E-state index contributed by atoms with van der Waals surface area (Å²) in [5, 5.41) is 1.18. The van der Waals surface area contributed by atoms with Crippen molar-refractivity contribution in [3.8, 4) is 0 Å². The third-order valence-electron chi connectivity index (χ3n) is 6.43. The molecule has 0 bridgehead atoms. The van der Waals surface area contributed by atoms with E-state index in [-0.39, 0.29) is 10.9 Å². The molecule has 181 valence electrons. The van der Waals surface area contributed by atoms with E-state index in [9.17, 15) is 0 Å². The molecule has 3 rings (SSSR count). The fourth-order valence-corrected chi connectivity index (χ4v) is 12.6.